The molecule has 0 amide bonds. The van der Waals surface area contributed by atoms with Crippen molar-refractivity contribution in [3.63, 3.8) is 0 Å². The molecule has 0 heterocycles. The fourth-order valence-corrected chi connectivity index (χ4v) is 3.13. The first-order chi connectivity index (χ1) is 11.8. The molecule has 2 rings (SSSR count). The van der Waals surface area contributed by atoms with E-state index in [1.165, 1.54) is 0 Å². The summed E-state index contributed by atoms with van der Waals surface area (Å²) in [5.74, 6) is -1.76. The molecule has 0 aromatic heterocycles. The minimum absolute atomic E-state index is 0. The van der Waals surface area contributed by atoms with Crippen LogP contribution in [-0.2, 0) is 4.79 Å². The van der Waals surface area contributed by atoms with Gasteiger partial charge in [0, 0.05) is 0 Å². The zero-order valence-electron chi connectivity index (χ0n) is 16.9. The van der Waals surface area contributed by atoms with Gasteiger partial charge in [-0.3, -0.25) is 4.79 Å². The van der Waals surface area contributed by atoms with E-state index in [4.69, 9.17) is 0 Å². The highest BCUT2D eigenvalue weighted by Gasteiger charge is 2.24. The van der Waals surface area contributed by atoms with Crippen molar-refractivity contribution in [3.05, 3.63) is 45.3 Å². The van der Waals surface area contributed by atoms with Crippen LogP contribution in [0.2, 0.25) is 0 Å². The van der Waals surface area contributed by atoms with Crippen LogP contribution >= 0.6 is 0 Å². The molecular formula is C22H32O5-4. The summed E-state index contributed by atoms with van der Waals surface area (Å²) in [4.78, 5) is 11.4. The van der Waals surface area contributed by atoms with Gasteiger partial charge in [0.2, 0.25) is 0 Å². The molecule has 0 unspecified atom stereocenters. The summed E-state index contributed by atoms with van der Waals surface area (Å²) in [5, 5.41) is 45.9. The van der Waals surface area contributed by atoms with Crippen molar-refractivity contribution in [3.8, 4) is 0 Å². The fourth-order valence-electron chi connectivity index (χ4n) is 3.13. The molecule has 0 aliphatic heterocycles. The van der Waals surface area contributed by atoms with Crippen LogP contribution in [-0.4, -0.2) is 5.78 Å². The smallest absolute Gasteiger partial charge is 0.173 e. The first kappa shape index (κ1) is 24.8. The lowest BCUT2D eigenvalue weighted by Crippen LogP contribution is -2.32. The Morgan fingerprint density at radius 3 is 0.889 bits per heavy atom. The fraction of sp³-hybridized carbons (Fsp3) is 0.591. The quantitative estimate of drug-likeness (QED) is 0.734. The van der Waals surface area contributed by atoms with Crippen molar-refractivity contribution in [2.75, 3.05) is 0 Å². The van der Waals surface area contributed by atoms with Crippen molar-refractivity contribution in [1.29, 1.82) is 0 Å². The molecule has 5 heteroatoms. The number of hydrogen-bond donors (Lipinski definition) is 0. The van der Waals surface area contributed by atoms with E-state index in [1.54, 1.807) is 27.7 Å². The van der Waals surface area contributed by atoms with Gasteiger partial charge in [-0.05, 0) is 29.2 Å². The molecule has 0 N–H and O–H groups in total. The molecule has 2 aliphatic carbocycles. The molecule has 0 saturated heterocycles. The van der Waals surface area contributed by atoms with Crippen molar-refractivity contribution < 1.29 is 25.2 Å². The van der Waals surface area contributed by atoms with E-state index in [0.717, 1.165) is 0 Å². The van der Waals surface area contributed by atoms with E-state index < -0.39 is 11.5 Å². The van der Waals surface area contributed by atoms with Gasteiger partial charge in [0.15, 0.2) is 5.78 Å². The molecule has 0 spiro atoms. The number of hydrogen-bond acceptors (Lipinski definition) is 5. The number of carbonyl (C=O) groups excluding carboxylic acids is 1. The molecule has 5 nitrogen and oxygen atoms in total. The molecule has 0 radical (unpaired) electrons. The molecule has 0 aromatic rings. The van der Waals surface area contributed by atoms with Gasteiger partial charge in [0.05, 0.1) is 0 Å². The maximum atomic E-state index is 11.7. The summed E-state index contributed by atoms with van der Waals surface area (Å²) in [6.07, 6.45) is 0. The lowest BCUT2D eigenvalue weighted by atomic mass is 9.81. The Kier molecular flexibility index (Phi) is 8.42. The third kappa shape index (κ3) is 4.57. The first-order valence-electron chi connectivity index (χ1n) is 9.04. The van der Waals surface area contributed by atoms with Crippen LogP contribution in [0.5, 0.6) is 0 Å². The highest BCUT2D eigenvalue weighted by molar-refractivity contribution is 6.11. The van der Waals surface area contributed by atoms with Gasteiger partial charge < -0.3 is 20.4 Å². The maximum absolute atomic E-state index is 11.7. The van der Waals surface area contributed by atoms with Crippen molar-refractivity contribution in [2.45, 2.75) is 62.8 Å². The monoisotopic (exact) mass is 376 g/mol. The largest absolute Gasteiger partial charge is 0.872 e. The summed E-state index contributed by atoms with van der Waals surface area (Å²) in [6, 6.07) is 0. The number of ketones is 1. The zero-order valence-corrected chi connectivity index (χ0v) is 16.9. The molecule has 0 aromatic carbocycles. The normalized spacial score (nSPS) is 17.3. The number of rotatable bonds is 4. The molecule has 0 fully saturated rings. The average molecular weight is 376 g/mol. The molecule has 0 saturated carbocycles. The summed E-state index contributed by atoms with van der Waals surface area (Å²) in [7, 11) is 0. The van der Waals surface area contributed by atoms with Gasteiger partial charge in [0.25, 0.3) is 0 Å². The lowest BCUT2D eigenvalue weighted by Gasteiger charge is -2.43. The van der Waals surface area contributed by atoms with Gasteiger partial charge in [-0.25, -0.2) is 0 Å². The van der Waals surface area contributed by atoms with Gasteiger partial charge in [-0.2, -0.15) is 0 Å². The lowest BCUT2D eigenvalue weighted by molar-refractivity contribution is -0.334. The molecule has 0 atom stereocenters. The van der Waals surface area contributed by atoms with Gasteiger partial charge >= 0.3 is 0 Å². The topological polar surface area (TPSA) is 109 Å². The van der Waals surface area contributed by atoms with Crippen LogP contribution in [0.25, 0.3) is 0 Å². The van der Waals surface area contributed by atoms with Crippen LogP contribution in [0.3, 0.4) is 0 Å². The molecule has 0 bridgehead atoms. The SMILES string of the molecule is C.CC(C)C1=C([O-])C(C(C)C)=C([O-])C1=O.CC(C)C1=C([O-])C(C(C)C)=C1[O-]. The van der Waals surface area contributed by atoms with Crippen molar-refractivity contribution in [1.82, 2.24) is 0 Å². The minimum Gasteiger partial charge on any atom is -0.872 e. The van der Waals surface area contributed by atoms with Crippen LogP contribution in [0.1, 0.15) is 62.8 Å². The van der Waals surface area contributed by atoms with E-state index in [0.29, 0.717) is 11.1 Å². The van der Waals surface area contributed by atoms with Crippen LogP contribution < -0.4 is 20.4 Å². The van der Waals surface area contributed by atoms with Gasteiger partial charge in [0.1, 0.15) is 0 Å². The summed E-state index contributed by atoms with van der Waals surface area (Å²) >= 11 is 0. The van der Waals surface area contributed by atoms with Gasteiger partial charge in [-0.15, -0.1) is 11.5 Å². The Bertz CT molecular complexity index is 674. The summed E-state index contributed by atoms with van der Waals surface area (Å²) in [6.45, 7) is 14.5. The van der Waals surface area contributed by atoms with E-state index in [2.05, 4.69) is 0 Å². The molecule has 2 aliphatic rings. The van der Waals surface area contributed by atoms with E-state index in [-0.39, 0.29) is 59.5 Å². The highest BCUT2D eigenvalue weighted by atomic mass is 16.3. The zero-order chi connectivity index (χ0) is 20.5. The second-order valence-electron chi connectivity index (χ2n) is 7.92. The molecular weight excluding hydrogens is 344 g/mol. The summed E-state index contributed by atoms with van der Waals surface area (Å²) < 4.78 is 0. The number of Topliss-reactive ketones (excluding diaryl/α,β-unsaturated/α-hetero) is 1. The predicted molar refractivity (Wildman–Crippen MR) is 99.2 cm³/mol. The third-order valence-electron chi connectivity index (χ3n) is 4.47. The second-order valence-corrected chi connectivity index (χ2v) is 7.92. The number of carbonyl (C=O) groups is 1. The van der Waals surface area contributed by atoms with Crippen LogP contribution in [0.4, 0.5) is 0 Å². The minimum atomic E-state index is -0.603. The van der Waals surface area contributed by atoms with Crippen molar-refractivity contribution >= 4 is 5.78 Å². The maximum Gasteiger partial charge on any atom is 0.173 e. The highest BCUT2D eigenvalue weighted by Crippen LogP contribution is 2.37. The third-order valence-corrected chi connectivity index (χ3v) is 4.47. The standard InChI is InChI=1S/C11H16O3.C10H16O2.CH4/c1-5(2)7-9(12)8(6(3)4)11(14)10(7)13;1-5(2)7-9(11)8(6(3)4)10(7)12;/h5-6,12H,1-4H3,(H,13,14);5-6,11-12H,1-4H3;1H4/p-4. The first-order valence-corrected chi connectivity index (χ1v) is 9.04. The Morgan fingerprint density at radius 2 is 0.704 bits per heavy atom. The van der Waals surface area contributed by atoms with E-state index >= 15 is 0 Å². The second kappa shape index (κ2) is 9.16. The van der Waals surface area contributed by atoms with Crippen LogP contribution in [0.15, 0.2) is 45.3 Å². The average Bonchev–Trinajstić information content (AvgIpc) is 2.68. The van der Waals surface area contributed by atoms with E-state index in [9.17, 15) is 25.2 Å². The molecule has 154 valence electrons. The van der Waals surface area contributed by atoms with Gasteiger partial charge in [-0.1, -0.05) is 91.1 Å². The van der Waals surface area contributed by atoms with Crippen LogP contribution in [0, 0.1) is 23.7 Å². The molecule has 27 heavy (non-hydrogen) atoms. The Morgan fingerprint density at radius 1 is 0.481 bits per heavy atom. The Labute approximate surface area is 163 Å². The number of allylic oxidation sites excluding steroid dienone is 4. The predicted octanol–water partition coefficient (Wildman–Crippen LogP) is 1.29. The summed E-state index contributed by atoms with van der Waals surface area (Å²) in [5.41, 5.74) is 1.27. The van der Waals surface area contributed by atoms with E-state index in [1.807, 2.05) is 27.7 Å². The van der Waals surface area contributed by atoms with Crippen molar-refractivity contribution in [2.24, 2.45) is 23.7 Å². The Hall–Kier alpha value is -2.17. The Balaban J connectivity index is 0.000000488.